The molecule has 136 valence electrons. The second-order valence-corrected chi connectivity index (χ2v) is 8.61. The maximum Gasteiger partial charge on any atom is 0.298 e. The number of anilines is 1. The number of sulfone groups is 1. The summed E-state index contributed by atoms with van der Waals surface area (Å²) >= 11 is 0. The standard InChI is InChI=1S/C17H23N3O4S/c1-3-10-25(22,23)12-16(21)19-6-8-20(9-7-19)17-18-14-11-13(2)4-5-15(14)24-17/h4-5,11H,3,6-10,12H2,1-2H3. The van der Waals surface area contributed by atoms with Crippen molar-refractivity contribution >= 4 is 32.9 Å². The van der Waals surface area contributed by atoms with Crippen molar-refractivity contribution in [1.82, 2.24) is 9.88 Å². The largest absolute Gasteiger partial charge is 0.423 e. The van der Waals surface area contributed by atoms with Gasteiger partial charge in [0.15, 0.2) is 15.4 Å². The molecular formula is C17H23N3O4S. The van der Waals surface area contributed by atoms with E-state index in [1.54, 1.807) is 11.8 Å². The van der Waals surface area contributed by atoms with Crippen LogP contribution in [0.15, 0.2) is 22.6 Å². The highest BCUT2D eigenvalue weighted by Crippen LogP contribution is 2.23. The first kappa shape index (κ1) is 17.7. The first-order chi connectivity index (χ1) is 11.9. The number of rotatable bonds is 5. The number of hydrogen-bond donors (Lipinski definition) is 0. The minimum absolute atomic E-state index is 0.0566. The fourth-order valence-corrected chi connectivity index (χ4v) is 4.30. The quantitative estimate of drug-likeness (QED) is 0.800. The van der Waals surface area contributed by atoms with Crippen molar-refractivity contribution in [2.45, 2.75) is 20.3 Å². The van der Waals surface area contributed by atoms with E-state index in [-0.39, 0.29) is 11.7 Å². The van der Waals surface area contributed by atoms with E-state index in [1.807, 2.05) is 30.0 Å². The van der Waals surface area contributed by atoms with Crippen LogP contribution in [-0.2, 0) is 14.6 Å². The molecule has 1 aromatic heterocycles. The van der Waals surface area contributed by atoms with Gasteiger partial charge in [-0.15, -0.1) is 0 Å². The lowest BCUT2D eigenvalue weighted by atomic mass is 10.2. The number of benzene rings is 1. The molecule has 0 saturated carbocycles. The van der Waals surface area contributed by atoms with E-state index in [0.29, 0.717) is 38.6 Å². The second kappa shape index (κ2) is 7.03. The molecular weight excluding hydrogens is 342 g/mol. The smallest absolute Gasteiger partial charge is 0.298 e. The molecule has 2 aromatic rings. The van der Waals surface area contributed by atoms with Crippen LogP contribution >= 0.6 is 0 Å². The normalized spacial score (nSPS) is 15.8. The van der Waals surface area contributed by atoms with E-state index in [4.69, 9.17) is 4.42 Å². The van der Waals surface area contributed by atoms with Gasteiger partial charge >= 0.3 is 0 Å². The lowest BCUT2D eigenvalue weighted by Crippen LogP contribution is -2.50. The minimum Gasteiger partial charge on any atom is -0.423 e. The Morgan fingerprint density at radius 2 is 1.96 bits per heavy atom. The Labute approximate surface area is 147 Å². The third kappa shape index (κ3) is 4.12. The summed E-state index contributed by atoms with van der Waals surface area (Å²) in [5.74, 6) is -0.661. The second-order valence-electron chi connectivity index (χ2n) is 6.43. The topological polar surface area (TPSA) is 83.7 Å². The number of hydrogen-bond acceptors (Lipinski definition) is 6. The van der Waals surface area contributed by atoms with Crippen molar-refractivity contribution in [3.63, 3.8) is 0 Å². The lowest BCUT2D eigenvalue weighted by molar-refractivity contribution is -0.128. The van der Waals surface area contributed by atoms with E-state index < -0.39 is 15.6 Å². The molecule has 0 bridgehead atoms. The monoisotopic (exact) mass is 365 g/mol. The molecule has 1 saturated heterocycles. The Morgan fingerprint density at radius 1 is 1.24 bits per heavy atom. The summed E-state index contributed by atoms with van der Waals surface area (Å²) < 4.78 is 29.4. The van der Waals surface area contributed by atoms with Gasteiger partial charge in [0, 0.05) is 26.2 Å². The SMILES string of the molecule is CCCS(=O)(=O)CC(=O)N1CCN(c2nc3cc(C)ccc3o2)CC1. The summed E-state index contributed by atoms with van der Waals surface area (Å²) in [5.41, 5.74) is 2.68. The van der Waals surface area contributed by atoms with Crippen LogP contribution in [0, 0.1) is 6.92 Å². The maximum atomic E-state index is 12.2. The van der Waals surface area contributed by atoms with Crippen molar-refractivity contribution in [2.75, 3.05) is 42.6 Å². The highest BCUT2D eigenvalue weighted by molar-refractivity contribution is 7.92. The number of aryl methyl sites for hydroxylation is 1. The van der Waals surface area contributed by atoms with Crippen molar-refractivity contribution in [2.24, 2.45) is 0 Å². The molecule has 1 aliphatic heterocycles. The highest BCUT2D eigenvalue weighted by atomic mass is 32.2. The molecule has 3 rings (SSSR count). The van der Waals surface area contributed by atoms with Gasteiger partial charge in [0.05, 0.1) is 5.75 Å². The first-order valence-electron chi connectivity index (χ1n) is 8.48. The van der Waals surface area contributed by atoms with Gasteiger partial charge in [-0.2, -0.15) is 4.98 Å². The Morgan fingerprint density at radius 3 is 2.64 bits per heavy atom. The molecule has 7 nitrogen and oxygen atoms in total. The number of carbonyl (C=O) groups excluding carboxylic acids is 1. The minimum atomic E-state index is -3.30. The number of amides is 1. The zero-order valence-electron chi connectivity index (χ0n) is 14.6. The fourth-order valence-electron chi connectivity index (χ4n) is 2.97. The summed E-state index contributed by atoms with van der Waals surface area (Å²) in [6.45, 7) is 5.89. The maximum absolute atomic E-state index is 12.2. The van der Waals surface area contributed by atoms with E-state index in [1.165, 1.54) is 0 Å². The molecule has 0 aliphatic carbocycles. The Balaban J connectivity index is 1.62. The third-order valence-electron chi connectivity index (χ3n) is 4.29. The van der Waals surface area contributed by atoms with E-state index in [0.717, 1.165) is 16.7 Å². The summed E-state index contributed by atoms with van der Waals surface area (Å²) in [6.07, 6.45) is 0.528. The Kier molecular flexibility index (Phi) is 4.99. The summed E-state index contributed by atoms with van der Waals surface area (Å²) in [4.78, 5) is 20.3. The van der Waals surface area contributed by atoms with Crippen LogP contribution in [0.4, 0.5) is 6.01 Å². The predicted molar refractivity (Wildman–Crippen MR) is 96.5 cm³/mol. The van der Waals surface area contributed by atoms with Gasteiger partial charge in [0.2, 0.25) is 5.91 Å². The van der Waals surface area contributed by atoms with Crippen LogP contribution in [0.5, 0.6) is 0 Å². The predicted octanol–water partition coefficient (Wildman–Crippen LogP) is 1.61. The molecule has 0 N–H and O–H groups in total. The zero-order valence-corrected chi connectivity index (χ0v) is 15.4. The van der Waals surface area contributed by atoms with Gasteiger partial charge in [-0.1, -0.05) is 13.0 Å². The van der Waals surface area contributed by atoms with Gasteiger partial charge in [-0.25, -0.2) is 8.42 Å². The lowest BCUT2D eigenvalue weighted by Gasteiger charge is -2.33. The molecule has 1 amide bonds. The summed E-state index contributed by atoms with van der Waals surface area (Å²) in [5, 5.41) is 0. The van der Waals surface area contributed by atoms with Crippen LogP contribution < -0.4 is 4.90 Å². The summed E-state index contributed by atoms with van der Waals surface area (Å²) in [7, 11) is -3.30. The Hall–Kier alpha value is -2.09. The molecule has 1 aliphatic rings. The highest BCUT2D eigenvalue weighted by Gasteiger charge is 2.26. The van der Waals surface area contributed by atoms with E-state index in [2.05, 4.69) is 4.98 Å². The molecule has 2 heterocycles. The number of piperazine rings is 1. The molecule has 0 unspecified atom stereocenters. The number of carbonyl (C=O) groups is 1. The van der Waals surface area contributed by atoms with Crippen LogP contribution in [0.1, 0.15) is 18.9 Å². The molecule has 0 spiro atoms. The average Bonchev–Trinajstić information content (AvgIpc) is 2.97. The Bertz CT molecular complexity index is 867. The van der Waals surface area contributed by atoms with Crippen LogP contribution in [0.3, 0.4) is 0 Å². The van der Waals surface area contributed by atoms with E-state index >= 15 is 0 Å². The van der Waals surface area contributed by atoms with Crippen LogP contribution in [0.2, 0.25) is 0 Å². The first-order valence-corrected chi connectivity index (χ1v) is 10.3. The van der Waals surface area contributed by atoms with E-state index in [9.17, 15) is 13.2 Å². The van der Waals surface area contributed by atoms with Gasteiger partial charge in [-0.05, 0) is 31.0 Å². The molecule has 0 radical (unpaired) electrons. The zero-order chi connectivity index (χ0) is 18.0. The number of fused-ring (bicyclic) bond motifs is 1. The number of nitrogens with zero attached hydrogens (tertiary/aromatic N) is 3. The molecule has 1 fully saturated rings. The van der Waals surface area contributed by atoms with Crippen molar-refractivity contribution in [3.05, 3.63) is 23.8 Å². The molecule has 25 heavy (non-hydrogen) atoms. The van der Waals surface area contributed by atoms with Crippen molar-refractivity contribution in [3.8, 4) is 0 Å². The third-order valence-corrected chi connectivity index (χ3v) is 6.01. The van der Waals surface area contributed by atoms with Crippen molar-refractivity contribution in [1.29, 1.82) is 0 Å². The van der Waals surface area contributed by atoms with Gasteiger partial charge in [0.25, 0.3) is 6.01 Å². The number of aromatic nitrogens is 1. The van der Waals surface area contributed by atoms with Gasteiger partial charge in [-0.3, -0.25) is 4.79 Å². The fraction of sp³-hybridized carbons (Fsp3) is 0.529. The van der Waals surface area contributed by atoms with Crippen molar-refractivity contribution < 1.29 is 17.6 Å². The molecule has 1 aromatic carbocycles. The average molecular weight is 365 g/mol. The van der Waals surface area contributed by atoms with Crippen LogP contribution in [-0.4, -0.2) is 61.9 Å². The number of oxazole rings is 1. The van der Waals surface area contributed by atoms with Gasteiger partial charge in [0.1, 0.15) is 11.3 Å². The van der Waals surface area contributed by atoms with Crippen LogP contribution in [0.25, 0.3) is 11.1 Å². The molecule has 0 atom stereocenters. The molecule has 8 heteroatoms. The van der Waals surface area contributed by atoms with Gasteiger partial charge < -0.3 is 14.2 Å². The summed E-state index contributed by atoms with van der Waals surface area (Å²) in [6, 6.07) is 6.40.